The molecule has 0 fully saturated rings. The summed E-state index contributed by atoms with van der Waals surface area (Å²) in [5.74, 6) is -1.17. The molecule has 0 atom stereocenters. The minimum atomic E-state index is -0.692. The van der Waals surface area contributed by atoms with Crippen LogP contribution in [0.3, 0.4) is 0 Å². The lowest BCUT2D eigenvalue weighted by Gasteiger charge is -2.16. The molecule has 20 heavy (non-hydrogen) atoms. The van der Waals surface area contributed by atoms with Gasteiger partial charge in [0.1, 0.15) is 12.6 Å². The maximum atomic E-state index is 11.9. The molecular formula is C13H22NO6+. The minimum absolute atomic E-state index is 0.0229. The molecule has 0 radical (unpaired) electrons. The highest BCUT2D eigenvalue weighted by Crippen LogP contribution is 2.08. The van der Waals surface area contributed by atoms with Crippen molar-refractivity contribution in [1.82, 2.24) is 0 Å². The van der Waals surface area contributed by atoms with Gasteiger partial charge in [0.2, 0.25) is 0 Å². The molecule has 0 unspecified atom stereocenters. The standard InChI is InChI=1S/C13H22NO6/c1-13(2,3)20-12(17)14(4)9(11(16)19-6)7-8-10(15)18-5/h7-8H2,1-6H3/q+1/b14-9+. The fourth-order valence-electron chi connectivity index (χ4n) is 1.29. The summed E-state index contributed by atoms with van der Waals surface area (Å²) in [5.41, 5.74) is -0.651. The van der Waals surface area contributed by atoms with Gasteiger partial charge in [-0.1, -0.05) is 0 Å². The van der Waals surface area contributed by atoms with Crippen LogP contribution >= 0.6 is 0 Å². The molecule has 0 aliphatic carbocycles. The molecule has 114 valence electrons. The number of carbonyl (C=O) groups is 3. The van der Waals surface area contributed by atoms with E-state index in [1.54, 1.807) is 20.8 Å². The largest absolute Gasteiger partial charge is 0.597 e. The van der Waals surface area contributed by atoms with Crippen molar-refractivity contribution >= 4 is 23.7 Å². The van der Waals surface area contributed by atoms with Gasteiger partial charge < -0.3 is 14.2 Å². The first kappa shape index (κ1) is 18.1. The van der Waals surface area contributed by atoms with E-state index in [-0.39, 0.29) is 18.6 Å². The number of hydrogen-bond acceptors (Lipinski definition) is 6. The van der Waals surface area contributed by atoms with Gasteiger partial charge in [0.25, 0.3) is 5.71 Å². The third kappa shape index (κ3) is 6.31. The van der Waals surface area contributed by atoms with Crippen LogP contribution in [0.25, 0.3) is 0 Å². The number of methoxy groups -OCH3 is 2. The lowest BCUT2D eigenvalue weighted by Crippen LogP contribution is -2.35. The topological polar surface area (TPSA) is 81.9 Å². The quantitative estimate of drug-likeness (QED) is 0.334. The van der Waals surface area contributed by atoms with E-state index in [0.717, 1.165) is 4.58 Å². The smallest absolute Gasteiger partial charge is 0.469 e. The van der Waals surface area contributed by atoms with Crippen LogP contribution in [-0.4, -0.2) is 55.2 Å². The van der Waals surface area contributed by atoms with Crippen molar-refractivity contribution in [2.75, 3.05) is 21.3 Å². The summed E-state index contributed by atoms with van der Waals surface area (Å²) in [7, 11) is 3.83. The fraction of sp³-hybridized carbons (Fsp3) is 0.692. The van der Waals surface area contributed by atoms with Crippen LogP contribution in [0.15, 0.2) is 0 Å². The Morgan fingerprint density at radius 1 is 1.00 bits per heavy atom. The molecule has 1 amide bonds. The first-order valence-electron chi connectivity index (χ1n) is 6.10. The predicted molar refractivity (Wildman–Crippen MR) is 70.7 cm³/mol. The van der Waals surface area contributed by atoms with Crippen molar-refractivity contribution in [3.05, 3.63) is 0 Å². The lowest BCUT2D eigenvalue weighted by molar-refractivity contribution is -0.420. The van der Waals surface area contributed by atoms with Crippen LogP contribution in [0, 0.1) is 0 Å². The molecule has 0 spiro atoms. The summed E-state index contributed by atoms with van der Waals surface area (Å²) < 4.78 is 15.3. The molecule has 0 aromatic heterocycles. The van der Waals surface area contributed by atoms with Crippen LogP contribution in [-0.2, 0) is 23.8 Å². The molecule has 0 aromatic carbocycles. The van der Waals surface area contributed by atoms with Crippen molar-refractivity contribution in [3.63, 3.8) is 0 Å². The summed E-state index contributed by atoms with van der Waals surface area (Å²) in [5, 5.41) is 0. The average Bonchev–Trinajstić information content (AvgIpc) is 2.35. The van der Waals surface area contributed by atoms with Crippen molar-refractivity contribution < 1.29 is 33.2 Å². The summed E-state index contributed by atoms with van der Waals surface area (Å²) in [6.45, 7) is 5.14. The maximum absolute atomic E-state index is 11.9. The molecule has 0 bridgehead atoms. The highest BCUT2D eigenvalue weighted by atomic mass is 16.6. The Morgan fingerprint density at radius 2 is 1.55 bits per heavy atom. The monoisotopic (exact) mass is 288 g/mol. The Kier molecular flexibility index (Phi) is 6.89. The van der Waals surface area contributed by atoms with E-state index in [1.165, 1.54) is 21.3 Å². The molecule has 7 heteroatoms. The number of carbonyl (C=O) groups excluding carboxylic acids is 3. The Bertz CT molecular complexity index is 419. The van der Waals surface area contributed by atoms with Gasteiger partial charge in [-0.2, -0.15) is 4.79 Å². The molecule has 0 aliphatic rings. The number of nitrogens with zero attached hydrogens (tertiary/aromatic N) is 1. The normalized spacial score (nSPS) is 12.3. The summed E-state index contributed by atoms with van der Waals surface area (Å²) in [6, 6.07) is 0. The summed E-state index contributed by atoms with van der Waals surface area (Å²) in [4.78, 5) is 34.7. The lowest BCUT2D eigenvalue weighted by atomic mass is 10.2. The van der Waals surface area contributed by atoms with Crippen LogP contribution in [0.4, 0.5) is 4.79 Å². The van der Waals surface area contributed by atoms with E-state index in [2.05, 4.69) is 9.47 Å². The molecule has 0 N–H and O–H groups in total. The van der Waals surface area contributed by atoms with Gasteiger partial charge in [-0.05, 0) is 20.8 Å². The Hall–Kier alpha value is -1.92. The predicted octanol–water partition coefficient (Wildman–Crippen LogP) is 1.13. The second kappa shape index (κ2) is 7.62. The molecule has 0 aromatic rings. The first-order chi connectivity index (χ1) is 9.12. The number of amides is 1. The second-order valence-corrected chi connectivity index (χ2v) is 5.05. The van der Waals surface area contributed by atoms with Crippen LogP contribution in [0.1, 0.15) is 33.6 Å². The highest BCUT2D eigenvalue weighted by molar-refractivity contribution is 6.35. The fourth-order valence-corrected chi connectivity index (χ4v) is 1.29. The van der Waals surface area contributed by atoms with E-state index in [0.29, 0.717) is 0 Å². The van der Waals surface area contributed by atoms with Crippen LogP contribution < -0.4 is 0 Å². The maximum Gasteiger partial charge on any atom is 0.597 e. The van der Waals surface area contributed by atoms with E-state index >= 15 is 0 Å². The number of esters is 2. The van der Waals surface area contributed by atoms with Crippen molar-refractivity contribution in [2.24, 2.45) is 0 Å². The van der Waals surface area contributed by atoms with E-state index in [9.17, 15) is 14.4 Å². The van der Waals surface area contributed by atoms with Crippen LogP contribution in [0.5, 0.6) is 0 Å². The number of ether oxygens (including phenoxy) is 3. The third-order valence-corrected chi connectivity index (χ3v) is 2.29. The Labute approximate surface area is 118 Å². The van der Waals surface area contributed by atoms with Crippen molar-refractivity contribution in [1.29, 1.82) is 0 Å². The van der Waals surface area contributed by atoms with E-state index in [4.69, 9.17) is 4.74 Å². The zero-order chi connectivity index (χ0) is 15.9. The van der Waals surface area contributed by atoms with Gasteiger partial charge in [-0.25, -0.2) is 4.79 Å². The van der Waals surface area contributed by atoms with Gasteiger partial charge in [-0.15, -0.1) is 4.58 Å². The zero-order valence-electron chi connectivity index (χ0n) is 12.8. The Morgan fingerprint density at radius 3 is 1.95 bits per heavy atom. The molecule has 7 nitrogen and oxygen atoms in total. The Balaban J connectivity index is 5.16. The van der Waals surface area contributed by atoms with Crippen molar-refractivity contribution in [3.8, 4) is 0 Å². The average molecular weight is 288 g/mol. The van der Waals surface area contributed by atoms with Gasteiger partial charge in [0.05, 0.1) is 27.1 Å². The zero-order valence-corrected chi connectivity index (χ0v) is 12.8. The highest BCUT2D eigenvalue weighted by Gasteiger charge is 2.31. The molecule has 0 saturated heterocycles. The molecule has 0 heterocycles. The van der Waals surface area contributed by atoms with E-state index < -0.39 is 23.6 Å². The molecule has 0 rings (SSSR count). The SMILES string of the molecule is COC(=O)CC/C(C(=O)OC)=[N+](/C)C(=O)OC(C)(C)C. The van der Waals surface area contributed by atoms with Gasteiger partial charge >= 0.3 is 18.0 Å². The number of hydrogen-bond donors (Lipinski definition) is 0. The number of rotatable bonds is 4. The van der Waals surface area contributed by atoms with Gasteiger partial charge in [0, 0.05) is 0 Å². The van der Waals surface area contributed by atoms with Gasteiger partial charge in [0.15, 0.2) is 0 Å². The van der Waals surface area contributed by atoms with Gasteiger partial charge in [-0.3, -0.25) is 4.79 Å². The molecule has 0 aliphatic heterocycles. The minimum Gasteiger partial charge on any atom is -0.469 e. The van der Waals surface area contributed by atoms with Crippen LogP contribution in [0.2, 0.25) is 0 Å². The van der Waals surface area contributed by atoms with E-state index in [1.807, 2.05) is 0 Å². The van der Waals surface area contributed by atoms with Crippen molar-refractivity contribution in [2.45, 2.75) is 39.2 Å². The molecule has 0 saturated carbocycles. The second-order valence-electron chi connectivity index (χ2n) is 5.05. The first-order valence-corrected chi connectivity index (χ1v) is 6.10. The third-order valence-electron chi connectivity index (χ3n) is 2.29. The summed E-state index contributed by atoms with van der Waals surface area (Å²) >= 11 is 0. The summed E-state index contributed by atoms with van der Waals surface area (Å²) in [6.07, 6.45) is -0.703. The molecular weight excluding hydrogens is 266 g/mol.